The fraction of sp³-hybridized carbons (Fsp3) is 0.0769. The molecule has 2 aromatic rings. The van der Waals surface area contributed by atoms with Crippen LogP contribution in [-0.2, 0) is 6.61 Å². The standard InChI is InChI=1S/C13H10ClFOS/c14-10-6-5-9(8-16)13(7-10)17-12-4-2-1-3-11(12)15/h1-7,16H,8H2. The summed E-state index contributed by atoms with van der Waals surface area (Å²) in [5, 5.41) is 9.78. The molecule has 0 saturated carbocycles. The first-order valence-corrected chi connectivity index (χ1v) is 6.22. The number of hydrogen-bond donors (Lipinski definition) is 1. The number of rotatable bonds is 3. The number of halogens is 2. The van der Waals surface area contributed by atoms with Gasteiger partial charge in [-0.05, 0) is 29.8 Å². The molecule has 2 rings (SSSR count). The van der Waals surface area contributed by atoms with E-state index in [-0.39, 0.29) is 12.4 Å². The number of aliphatic hydroxyl groups excluding tert-OH is 1. The van der Waals surface area contributed by atoms with Crippen LogP contribution in [0.25, 0.3) is 0 Å². The SMILES string of the molecule is OCc1ccc(Cl)cc1Sc1ccccc1F. The van der Waals surface area contributed by atoms with E-state index in [1.165, 1.54) is 17.8 Å². The zero-order valence-corrected chi connectivity index (χ0v) is 10.4. The molecule has 0 aliphatic carbocycles. The Kier molecular flexibility index (Phi) is 4.05. The van der Waals surface area contributed by atoms with Gasteiger partial charge in [0.15, 0.2) is 0 Å². The van der Waals surface area contributed by atoms with Crippen molar-refractivity contribution in [3.8, 4) is 0 Å². The average molecular weight is 269 g/mol. The van der Waals surface area contributed by atoms with Crippen LogP contribution in [0.2, 0.25) is 5.02 Å². The highest BCUT2D eigenvalue weighted by Gasteiger charge is 2.07. The Hall–Kier alpha value is -1.03. The highest BCUT2D eigenvalue weighted by molar-refractivity contribution is 7.99. The third-order valence-electron chi connectivity index (χ3n) is 2.26. The normalized spacial score (nSPS) is 10.5. The summed E-state index contributed by atoms with van der Waals surface area (Å²) in [7, 11) is 0. The molecular formula is C13H10ClFOS. The highest BCUT2D eigenvalue weighted by Crippen LogP contribution is 2.33. The summed E-state index contributed by atoms with van der Waals surface area (Å²) in [6, 6.07) is 11.7. The summed E-state index contributed by atoms with van der Waals surface area (Å²) in [4.78, 5) is 1.29. The molecule has 0 aliphatic heterocycles. The van der Waals surface area contributed by atoms with Crippen molar-refractivity contribution in [3.63, 3.8) is 0 Å². The molecule has 17 heavy (non-hydrogen) atoms. The van der Waals surface area contributed by atoms with E-state index >= 15 is 0 Å². The molecule has 2 aromatic carbocycles. The second-order valence-electron chi connectivity index (χ2n) is 3.44. The number of hydrogen-bond acceptors (Lipinski definition) is 2. The van der Waals surface area contributed by atoms with E-state index in [4.69, 9.17) is 11.6 Å². The summed E-state index contributed by atoms with van der Waals surface area (Å²) in [5.74, 6) is -0.277. The zero-order chi connectivity index (χ0) is 12.3. The Morgan fingerprint density at radius 2 is 1.88 bits per heavy atom. The van der Waals surface area contributed by atoms with Crippen LogP contribution in [0.5, 0.6) is 0 Å². The van der Waals surface area contributed by atoms with Gasteiger partial charge in [-0.3, -0.25) is 0 Å². The van der Waals surface area contributed by atoms with Crippen LogP contribution < -0.4 is 0 Å². The van der Waals surface area contributed by atoms with Gasteiger partial charge in [0, 0.05) is 14.8 Å². The van der Waals surface area contributed by atoms with E-state index in [0.29, 0.717) is 9.92 Å². The summed E-state index contributed by atoms with van der Waals surface area (Å²) in [6.07, 6.45) is 0. The molecule has 0 fully saturated rings. The van der Waals surface area contributed by atoms with Gasteiger partial charge in [-0.25, -0.2) is 4.39 Å². The van der Waals surface area contributed by atoms with Crippen LogP contribution in [0.15, 0.2) is 52.3 Å². The predicted octanol–water partition coefficient (Wildman–Crippen LogP) is 4.12. The zero-order valence-electron chi connectivity index (χ0n) is 8.86. The third kappa shape index (κ3) is 3.00. The fourth-order valence-corrected chi connectivity index (χ4v) is 2.64. The summed E-state index contributed by atoms with van der Waals surface area (Å²) in [6.45, 7) is -0.0893. The monoisotopic (exact) mass is 268 g/mol. The van der Waals surface area contributed by atoms with Gasteiger partial charge in [-0.15, -0.1) is 0 Å². The van der Waals surface area contributed by atoms with Crippen molar-refractivity contribution < 1.29 is 9.50 Å². The number of benzene rings is 2. The fourth-order valence-electron chi connectivity index (χ4n) is 1.40. The van der Waals surface area contributed by atoms with E-state index < -0.39 is 0 Å². The first-order chi connectivity index (χ1) is 8.20. The molecule has 0 radical (unpaired) electrons. The van der Waals surface area contributed by atoms with Gasteiger partial charge >= 0.3 is 0 Å². The van der Waals surface area contributed by atoms with E-state index in [2.05, 4.69) is 0 Å². The van der Waals surface area contributed by atoms with Crippen LogP contribution in [0.4, 0.5) is 4.39 Å². The maximum absolute atomic E-state index is 13.5. The minimum Gasteiger partial charge on any atom is -0.392 e. The quantitative estimate of drug-likeness (QED) is 0.903. The van der Waals surface area contributed by atoms with E-state index in [1.54, 1.807) is 36.4 Å². The van der Waals surface area contributed by atoms with Crippen LogP contribution in [0.1, 0.15) is 5.56 Å². The highest BCUT2D eigenvalue weighted by atomic mass is 35.5. The first-order valence-electron chi connectivity index (χ1n) is 5.02. The lowest BCUT2D eigenvalue weighted by atomic mass is 10.2. The van der Waals surface area contributed by atoms with Crippen LogP contribution in [-0.4, -0.2) is 5.11 Å². The van der Waals surface area contributed by atoms with Crippen LogP contribution in [0, 0.1) is 5.82 Å². The Morgan fingerprint density at radius 3 is 2.59 bits per heavy atom. The lowest BCUT2D eigenvalue weighted by Crippen LogP contribution is -1.88. The molecule has 0 bridgehead atoms. The molecule has 1 N–H and O–H groups in total. The molecule has 0 spiro atoms. The maximum Gasteiger partial charge on any atom is 0.137 e. The van der Waals surface area contributed by atoms with E-state index in [1.807, 2.05) is 0 Å². The van der Waals surface area contributed by atoms with Gasteiger partial charge in [-0.1, -0.05) is 41.6 Å². The molecule has 0 heterocycles. The molecule has 1 nitrogen and oxygen atoms in total. The molecule has 4 heteroatoms. The molecule has 0 amide bonds. The molecule has 88 valence electrons. The second kappa shape index (κ2) is 5.54. The minimum absolute atomic E-state index is 0.0893. The molecule has 0 aliphatic rings. The largest absolute Gasteiger partial charge is 0.392 e. The van der Waals surface area contributed by atoms with Gasteiger partial charge < -0.3 is 5.11 Å². The van der Waals surface area contributed by atoms with Crippen molar-refractivity contribution >= 4 is 23.4 Å². The van der Waals surface area contributed by atoms with Gasteiger partial charge in [0.2, 0.25) is 0 Å². The lowest BCUT2D eigenvalue weighted by Gasteiger charge is -2.08. The Balaban J connectivity index is 2.35. The predicted molar refractivity (Wildman–Crippen MR) is 67.9 cm³/mol. The maximum atomic E-state index is 13.5. The lowest BCUT2D eigenvalue weighted by molar-refractivity contribution is 0.279. The Morgan fingerprint density at radius 1 is 1.12 bits per heavy atom. The van der Waals surface area contributed by atoms with Crippen LogP contribution in [0.3, 0.4) is 0 Å². The summed E-state index contributed by atoms with van der Waals surface area (Å²) >= 11 is 7.15. The van der Waals surface area contributed by atoms with E-state index in [0.717, 1.165) is 10.5 Å². The van der Waals surface area contributed by atoms with Gasteiger partial charge in [-0.2, -0.15) is 0 Å². The summed E-state index contributed by atoms with van der Waals surface area (Å²) in [5.41, 5.74) is 0.739. The second-order valence-corrected chi connectivity index (χ2v) is 4.96. The van der Waals surface area contributed by atoms with Gasteiger partial charge in [0.05, 0.1) is 6.61 Å². The van der Waals surface area contributed by atoms with Gasteiger partial charge in [0.1, 0.15) is 5.82 Å². The Bertz CT molecular complexity index is 531. The third-order valence-corrected chi connectivity index (χ3v) is 3.64. The van der Waals surface area contributed by atoms with Crippen molar-refractivity contribution in [2.75, 3.05) is 0 Å². The van der Waals surface area contributed by atoms with Crippen molar-refractivity contribution in [2.24, 2.45) is 0 Å². The Labute approximate surface area is 108 Å². The number of aliphatic hydroxyl groups is 1. The molecule has 0 atom stereocenters. The minimum atomic E-state index is -0.277. The van der Waals surface area contributed by atoms with Gasteiger partial charge in [0.25, 0.3) is 0 Å². The van der Waals surface area contributed by atoms with Crippen molar-refractivity contribution in [1.82, 2.24) is 0 Å². The molecule has 0 saturated heterocycles. The van der Waals surface area contributed by atoms with Crippen molar-refractivity contribution in [2.45, 2.75) is 16.4 Å². The molecular weight excluding hydrogens is 259 g/mol. The first kappa shape index (κ1) is 12.4. The van der Waals surface area contributed by atoms with Crippen molar-refractivity contribution in [3.05, 3.63) is 58.9 Å². The molecule has 0 aromatic heterocycles. The summed E-state index contributed by atoms with van der Waals surface area (Å²) < 4.78 is 13.5. The molecule has 0 unspecified atom stereocenters. The van der Waals surface area contributed by atoms with Crippen molar-refractivity contribution in [1.29, 1.82) is 0 Å². The van der Waals surface area contributed by atoms with E-state index in [9.17, 15) is 9.50 Å². The average Bonchev–Trinajstić information content (AvgIpc) is 2.32. The van der Waals surface area contributed by atoms with Crippen LogP contribution >= 0.6 is 23.4 Å². The topological polar surface area (TPSA) is 20.2 Å². The smallest absolute Gasteiger partial charge is 0.137 e.